The lowest BCUT2D eigenvalue weighted by Crippen LogP contribution is -2.46. The second-order valence-electron chi connectivity index (χ2n) is 9.36. The Balaban J connectivity index is 1.41. The van der Waals surface area contributed by atoms with Gasteiger partial charge in [0, 0.05) is 21.5 Å². The zero-order valence-electron chi connectivity index (χ0n) is 20.3. The summed E-state index contributed by atoms with van der Waals surface area (Å²) in [6.07, 6.45) is -0.394. The highest BCUT2D eigenvalue weighted by molar-refractivity contribution is 9.10. The Hall–Kier alpha value is -3.53. The van der Waals surface area contributed by atoms with E-state index in [0.29, 0.717) is 12.3 Å². The van der Waals surface area contributed by atoms with Gasteiger partial charge in [0.1, 0.15) is 0 Å². The number of nitrogens with zero attached hydrogens (tertiary/aromatic N) is 2. The van der Waals surface area contributed by atoms with E-state index in [-0.39, 0.29) is 24.5 Å². The molecule has 0 fully saturated rings. The van der Waals surface area contributed by atoms with Crippen LogP contribution < -0.4 is 14.2 Å². The summed E-state index contributed by atoms with van der Waals surface area (Å²) in [6, 6.07) is 21.8. The van der Waals surface area contributed by atoms with Crippen molar-refractivity contribution in [3.63, 3.8) is 0 Å². The number of phenols is 1. The highest BCUT2D eigenvalue weighted by atomic mass is 79.9. The summed E-state index contributed by atoms with van der Waals surface area (Å²) in [5.41, 5.74) is 4.89. The number of rotatable bonds is 5. The number of ether oxygens (including phenoxy) is 3. The lowest BCUT2D eigenvalue weighted by molar-refractivity contribution is -0.0728. The van der Waals surface area contributed by atoms with E-state index in [1.54, 1.807) is 18.4 Å². The third kappa shape index (κ3) is 3.76. The molecule has 4 heterocycles. The SMILES string of the molecule is COc1cc2c(cc1O)[C@H]1C(c3ccccc3)=NO[C@H]1N(Cc1cc3c(cc1Br)OCO3)[C@@H]2c1cccs1. The number of halogens is 1. The van der Waals surface area contributed by atoms with Crippen molar-refractivity contribution in [3.05, 3.63) is 104 Å². The van der Waals surface area contributed by atoms with Gasteiger partial charge in [-0.25, -0.2) is 4.90 Å². The van der Waals surface area contributed by atoms with Gasteiger partial charge < -0.3 is 24.2 Å². The van der Waals surface area contributed by atoms with Crippen LogP contribution >= 0.6 is 27.3 Å². The third-order valence-corrected chi connectivity index (χ3v) is 8.95. The number of methoxy groups -OCH3 is 1. The summed E-state index contributed by atoms with van der Waals surface area (Å²) in [4.78, 5) is 9.75. The van der Waals surface area contributed by atoms with Crippen LogP contribution in [0.2, 0.25) is 0 Å². The van der Waals surface area contributed by atoms with Crippen LogP contribution in [-0.2, 0) is 11.4 Å². The van der Waals surface area contributed by atoms with E-state index in [0.717, 1.165) is 48.8 Å². The van der Waals surface area contributed by atoms with Crippen molar-refractivity contribution < 1.29 is 24.2 Å². The molecule has 3 atom stereocenters. The van der Waals surface area contributed by atoms with Gasteiger partial charge in [-0.1, -0.05) is 57.5 Å². The molecule has 4 aromatic rings. The largest absolute Gasteiger partial charge is 0.504 e. The van der Waals surface area contributed by atoms with Crippen molar-refractivity contribution in [2.75, 3.05) is 13.9 Å². The fourth-order valence-electron chi connectivity index (χ4n) is 5.57. The Morgan fingerprint density at radius 3 is 2.63 bits per heavy atom. The molecule has 0 spiro atoms. The van der Waals surface area contributed by atoms with Crippen molar-refractivity contribution in [1.82, 2.24) is 4.90 Å². The zero-order chi connectivity index (χ0) is 25.8. The number of aromatic hydroxyl groups is 1. The van der Waals surface area contributed by atoms with Crippen LogP contribution in [0.25, 0.3) is 0 Å². The van der Waals surface area contributed by atoms with Crippen molar-refractivity contribution >= 4 is 33.0 Å². The van der Waals surface area contributed by atoms with Gasteiger partial charge in [-0.3, -0.25) is 0 Å². The van der Waals surface area contributed by atoms with Crippen LogP contribution in [0.4, 0.5) is 0 Å². The first kappa shape index (κ1) is 23.6. The Labute approximate surface area is 232 Å². The number of benzene rings is 3. The minimum atomic E-state index is -0.394. The minimum Gasteiger partial charge on any atom is -0.504 e. The van der Waals surface area contributed by atoms with Gasteiger partial charge in [-0.15, -0.1) is 11.3 Å². The average molecular weight is 591 g/mol. The lowest BCUT2D eigenvalue weighted by atomic mass is 9.79. The first-order chi connectivity index (χ1) is 18.6. The van der Waals surface area contributed by atoms with E-state index >= 15 is 0 Å². The minimum absolute atomic E-state index is 0.0983. The van der Waals surface area contributed by atoms with Crippen LogP contribution in [0.3, 0.4) is 0 Å². The first-order valence-electron chi connectivity index (χ1n) is 12.2. The van der Waals surface area contributed by atoms with Gasteiger partial charge in [0.15, 0.2) is 29.2 Å². The summed E-state index contributed by atoms with van der Waals surface area (Å²) in [5, 5.41) is 17.5. The molecule has 7 nitrogen and oxygen atoms in total. The maximum atomic E-state index is 10.8. The monoisotopic (exact) mass is 590 g/mol. The Kier molecular flexibility index (Phi) is 5.79. The maximum absolute atomic E-state index is 10.8. The first-order valence-corrected chi connectivity index (χ1v) is 13.9. The highest BCUT2D eigenvalue weighted by Crippen LogP contribution is 2.52. The van der Waals surface area contributed by atoms with Gasteiger partial charge in [-0.05, 0) is 52.4 Å². The van der Waals surface area contributed by atoms with E-state index < -0.39 is 6.23 Å². The molecule has 1 aromatic heterocycles. The average Bonchev–Trinajstić information content (AvgIpc) is 3.70. The van der Waals surface area contributed by atoms with Crippen LogP contribution in [0.1, 0.15) is 39.1 Å². The predicted molar refractivity (Wildman–Crippen MR) is 147 cm³/mol. The number of hydrogen-bond donors (Lipinski definition) is 1. The Morgan fingerprint density at radius 1 is 1.05 bits per heavy atom. The molecule has 0 aliphatic carbocycles. The highest BCUT2D eigenvalue weighted by Gasteiger charge is 2.49. The molecule has 9 heteroatoms. The summed E-state index contributed by atoms with van der Waals surface area (Å²) in [7, 11) is 1.57. The molecule has 0 radical (unpaired) electrons. The second kappa shape index (κ2) is 9.34. The van der Waals surface area contributed by atoms with Crippen LogP contribution in [-0.4, -0.2) is 35.8 Å². The van der Waals surface area contributed by atoms with E-state index in [9.17, 15) is 5.11 Å². The van der Waals surface area contributed by atoms with Gasteiger partial charge in [0.2, 0.25) is 6.79 Å². The molecule has 3 aromatic carbocycles. The van der Waals surface area contributed by atoms with E-state index in [1.165, 1.54) is 0 Å². The van der Waals surface area contributed by atoms with Gasteiger partial charge in [0.25, 0.3) is 0 Å². The molecule has 3 aliphatic rings. The smallest absolute Gasteiger partial charge is 0.231 e. The molecule has 192 valence electrons. The summed E-state index contributed by atoms with van der Waals surface area (Å²) in [6.45, 7) is 0.771. The Bertz CT molecular complexity index is 1540. The molecule has 7 rings (SSSR count). The number of fused-ring (bicyclic) bond motifs is 4. The lowest BCUT2D eigenvalue weighted by Gasteiger charge is -2.43. The molecule has 0 amide bonds. The van der Waals surface area contributed by atoms with Gasteiger partial charge in [0.05, 0.1) is 24.8 Å². The summed E-state index contributed by atoms with van der Waals surface area (Å²) >= 11 is 5.43. The van der Waals surface area contributed by atoms with Crippen molar-refractivity contribution in [3.8, 4) is 23.0 Å². The van der Waals surface area contributed by atoms with Crippen molar-refractivity contribution in [2.24, 2.45) is 5.16 Å². The summed E-state index contributed by atoms with van der Waals surface area (Å²) < 4.78 is 17.7. The Morgan fingerprint density at radius 2 is 1.87 bits per heavy atom. The molecule has 0 bridgehead atoms. The standard InChI is InChI=1S/C29H23BrN2O5S/c1-34-22-12-19-18(11-21(22)33)26-27(16-6-3-2-4-7-16)31-37-29(26)32(28(19)25-8-5-9-38-25)14-17-10-23-24(13-20(17)30)36-15-35-23/h2-13,26,28-29,33H,14-15H2,1H3/t26-,28-,29+/m0/s1. The fraction of sp³-hybridized carbons (Fsp3) is 0.207. The second-order valence-corrected chi connectivity index (χ2v) is 11.2. The predicted octanol–water partition coefficient (Wildman–Crippen LogP) is 6.40. The van der Waals surface area contributed by atoms with E-state index in [2.05, 4.69) is 43.5 Å². The fourth-order valence-corrected chi connectivity index (χ4v) is 6.89. The van der Waals surface area contributed by atoms with E-state index in [1.807, 2.05) is 54.6 Å². The normalized spacial score (nSPS) is 21.4. The molecule has 1 N–H and O–H groups in total. The quantitative estimate of drug-likeness (QED) is 0.290. The third-order valence-electron chi connectivity index (χ3n) is 7.29. The summed E-state index contributed by atoms with van der Waals surface area (Å²) in [5.74, 6) is 1.77. The zero-order valence-corrected chi connectivity index (χ0v) is 22.7. The molecule has 0 unspecified atom stereocenters. The number of thiophene rings is 1. The molecule has 0 saturated heterocycles. The molecule has 3 aliphatic heterocycles. The maximum Gasteiger partial charge on any atom is 0.231 e. The van der Waals surface area contributed by atoms with E-state index in [4.69, 9.17) is 19.0 Å². The van der Waals surface area contributed by atoms with Gasteiger partial charge >= 0.3 is 0 Å². The van der Waals surface area contributed by atoms with Crippen LogP contribution in [0.15, 0.2) is 81.7 Å². The molecule has 38 heavy (non-hydrogen) atoms. The molecule has 0 saturated carbocycles. The van der Waals surface area contributed by atoms with Crippen molar-refractivity contribution in [2.45, 2.75) is 24.7 Å². The topological polar surface area (TPSA) is 72.8 Å². The molecular formula is C29H23BrN2O5S. The van der Waals surface area contributed by atoms with Crippen molar-refractivity contribution in [1.29, 1.82) is 0 Å². The molecular weight excluding hydrogens is 568 g/mol. The van der Waals surface area contributed by atoms with Gasteiger partial charge in [-0.2, -0.15) is 0 Å². The number of hydrogen-bond acceptors (Lipinski definition) is 8. The number of oxime groups is 1. The van der Waals surface area contributed by atoms with Crippen LogP contribution in [0, 0.1) is 0 Å². The van der Waals surface area contributed by atoms with Crippen LogP contribution in [0.5, 0.6) is 23.0 Å². The number of phenolic OH excluding ortho intramolecular Hbond substituents is 1.